The second-order valence-corrected chi connectivity index (χ2v) is 18.1. The first-order valence-corrected chi connectivity index (χ1v) is 24.3. The van der Waals surface area contributed by atoms with Crippen LogP contribution in [0, 0.1) is 0 Å². The quantitative estimate of drug-likeness (QED) is 0.137. The first-order chi connectivity index (χ1) is 35.7. The van der Waals surface area contributed by atoms with Crippen LogP contribution >= 0.6 is 0 Å². The minimum absolute atomic E-state index is 0.532. The average Bonchev–Trinajstić information content (AvgIpc) is 3.79. The summed E-state index contributed by atoms with van der Waals surface area (Å²) in [6, 6.07) is 96.8. The Morgan fingerprint density at radius 1 is 0.250 bits per heavy atom. The second kappa shape index (κ2) is 18.3. The van der Waals surface area contributed by atoms with Crippen molar-refractivity contribution < 1.29 is 0 Å². The lowest BCUT2D eigenvalue weighted by molar-refractivity contribution is 0.953. The monoisotopic (exact) mass is 919 g/mol. The molecule has 5 nitrogen and oxygen atoms in total. The van der Waals surface area contributed by atoms with Gasteiger partial charge in [0.05, 0.1) is 11.0 Å². The zero-order chi connectivity index (χ0) is 47.8. The molecule has 0 fully saturated rings. The first kappa shape index (κ1) is 42.4. The molecule has 11 aromatic carbocycles. The Kier molecular flexibility index (Phi) is 10.8. The van der Waals surface area contributed by atoms with Crippen LogP contribution in [0.3, 0.4) is 0 Å². The Hall–Kier alpha value is -9.71. The molecular formula is C67H45N5. The summed E-state index contributed by atoms with van der Waals surface area (Å²) >= 11 is 0. The van der Waals surface area contributed by atoms with E-state index in [2.05, 4.69) is 264 Å². The number of fused-ring (bicyclic) bond motifs is 4. The zero-order valence-electron chi connectivity index (χ0n) is 39.2. The van der Waals surface area contributed by atoms with E-state index < -0.39 is 0 Å². The fraction of sp³-hybridized carbons (Fsp3) is 0. The minimum Gasteiger partial charge on any atom is -0.310 e. The van der Waals surface area contributed by atoms with E-state index in [4.69, 9.17) is 15.0 Å². The lowest BCUT2D eigenvalue weighted by atomic mass is 10.0. The summed E-state index contributed by atoms with van der Waals surface area (Å²) in [6.07, 6.45) is 0. The Morgan fingerprint density at radius 2 is 0.653 bits per heavy atom. The van der Waals surface area contributed by atoms with E-state index in [1.54, 1.807) is 0 Å². The molecule has 13 rings (SSSR count). The van der Waals surface area contributed by atoms with Gasteiger partial charge in [-0.3, -0.25) is 4.57 Å². The molecule has 5 heteroatoms. The molecule has 0 saturated carbocycles. The molecule has 0 atom stereocenters. The number of rotatable bonds is 10. The van der Waals surface area contributed by atoms with Gasteiger partial charge in [0.2, 0.25) is 5.95 Å². The Morgan fingerprint density at radius 3 is 1.31 bits per heavy atom. The number of hydrogen-bond acceptors (Lipinski definition) is 4. The molecular weight excluding hydrogens is 875 g/mol. The van der Waals surface area contributed by atoms with Gasteiger partial charge in [0.1, 0.15) is 0 Å². The van der Waals surface area contributed by atoms with Crippen LogP contribution in [0.5, 0.6) is 0 Å². The average molecular weight is 920 g/mol. The van der Waals surface area contributed by atoms with Gasteiger partial charge in [0.25, 0.3) is 0 Å². The van der Waals surface area contributed by atoms with E-state index in [0.717, 1.165) is 88.9 Å². The van der Waals surface area contributed by atoms with Crippen LogP contribution < -0.4 is 4.90 Å². The number of hydrogen-bond donors (Lipinski definition) is 0. The highest BCUT2D eigenvalue weighted by Crippen LogP contribution is 2.42. The predicted octanol–water partition coefficient (Wildman–Crippen LogP) is 17.6. The predicted molar refractivity (Wildman–Crippen MR) is 299 cm³/mol. The van der Waals surface area contributed by atoms with Gasteiger partial charge < -0.3 is 4.90 Å². The molecule has 0 aliphatic heterocycles. The highest BCUT2D eigenvalue weighted by Gasteiger charge is 2.22. The Labute approximate surface area is 418 Å². The lowest BCUT2D eigenvalue weighted by Crippen LogP contribution is -2.10. The third-order valence-corrected chi connectivity index (χ3v) is 13.6. The highest BCUT2D eigenvalue weighted by molar-refractivity contribution is 6.11. The van der Waals surface area contributed by atoms with Crippen molar-refractivity contribution in [2.75, 3.05) is 4.90 Å². The SMILES string of the molecule is c1ccc(-c2ccc(N(c3cccc(-c4ccccc4)c3)c3ccc4c5ccc(-c6ccccc6)cc5n(-c5nc(-c6ccccc6)nc(-c6ccc(-c7ccc8ccccc8c7)cc6)n5)c4c3)cc2)cc1. The zero-order valence-corrected chi connectivity index (χ0v) is 39.2. The van der Waals surface area contributed by atoms with Gasteiger partial charge in [-0.15, -0.1) is 0 Å². The summed E-state index contributed by atoms with van der Waals surface area (Å²) in [4.78, 5) is 18.3. The van der Waals surface area contributed by atoms with Gasteiger partial charge in [-0.1, -0.05) is 224 Å². The summed E-state index contributed by atoms with van der Waals surface area (Å²) in [5.74, 6) is 1.72. The van der Waals surface area contributed by atoms with Crippen molar-refractivity contribution in [1.82, 2.24) is 19.5 Å². The molecule has 0 radical (unpaired) electrons. The van der Waals surface area contributed by atoms with Gasteiger partial charge in [0.15, 0.2) is 11.6 Å². The Balaban J connectivity index is 1.02. The fourth-order valence-electron chi connectivity index (χ4n) is 10.00. The van der Waals surface area contributed by atoms with Crippen LogP contribution in [0.15, 0.2) is 273 Å². The minimum atomic E-state index is 0.532. The van der Waals surface area contributed by atoms with Gasteiger partial charge in [-0.05, 0) is 104 Å². The van der Waals surface area contributed by atoms with Gasteiger partial charge in [-0.25, -0.2) is 4.98 Å². The van der Waals surface area contributed by atoms with E-state index in [1.807, 2.05) is 18.2 Å². The molecule has 338 valence electrons. The topological polar surface area (TPSA) is 46.8 Å². The number of nitrogens with zero attached hydrogens (tertiary/aromatic N) is 5. The molecule has 0 amide bonds. The summed E-state index contributed by atoms with van der Waals surface area (Å²) in [5, 5.41) is 4.63. The summed E-state index contributed by atoms with van der Waals surface area (Å²) in [6.45, 7) is 0. The maximum absolute atomic E-state index is 5.42. The number of benzene rings is 11. The number of aromatic nitrogens is 4. The van der Waals surface area contributed by atoms with Crippen LogP contribution in [0.4, 0.5) is 17.1 Å². The molecule has 0 aliphatic carbocycles. The van der Waals surface area contributed by atoms with E-state index in [1.165, 1.54) is 16.3 Å². The van der Waals surface area contributed by atoms with Crippen molar-refractivity contribution in [1.29, 1.82) is 0 Å². The molecule has 0 N–H and O–H groups in total. The molecule has 0 unspecified atom stereocenters. The summed E-state index contributed by atoms with van der Waals surface area (Å²) in [7, 11) is 0. The van der Waals surface area contributed by atoms with Gasteiger partial charge in [0, 0.05) is 39.0 Å². The maximum Gasteiger partial charge on any atom is 0.238 e. The third kappa shape index (κ3) is 8.05. The second-order valence-electron chi connectivity index (χ2n) is 18.1. The molecule has 0 bridgehead atoms. The van der Waals surface area contributed by atoms with Crippen molar-refractivity contribution in [3.05, 3.63) is 273 Å². The smallest absolute Gasteiger partial charge is 0.238 e. The van der Waals surface area contributed by atoms with E-state index in [-0.39, 0.29) is 0 Å². The molecule has 2 heterocycles. The van der Waals surface area contributed by atoms with E-state index in [9.17, 15) is 0 Å². The van der Waals surface area contributed by atoms with Crippen LogP contribution in [-0.4, -0.2) is 19.5 Å². The summed E-state index contributed by atoms with van der Waals surface area (Å²) in [5.41, 5.74) is 16.0. The number of anilines is 3. The van der Waals surface area contributed by atoms with Gasteiger partial charge in [-0.2, -0.15) is 9.97 Å². The standard InChI is InChI=1S/C67H45N5/c1-5-16-46(17-6-1)50-34-37-58(38-35-50)71(59-27-15-26-55(43-59)47-18-7-2-8-19-47)60-39-41-62-61-40-36-57(48-20-9-3-10-21-48)44-63(61)72(64(62)45-60)67-69-65(52-23-11-4-12-24-52)68-66(70-67)53-31-28-51(29-32-53)56-33-30-49-22-13-14-25-54(49)42-56/h1-45H. The van der Waals surface area contributed by atoms with E-state index >= 15 is 0 Å². The van der Waals surface area contributed by atoms with Crippen LogP contribution in [0.25, 0.3) is 106 Å². The molecule has 0 saturated heterocycles. The van der Waals surface area contributed by atoms with Gasteiger partial charge >= 0.3 is 0 Å². The molecule has 0 aliphatic rings. The van der Waals surface area contributed by atoms with E-state index in [0.29, 0.717) is 17.6 Å². The molecule has 0 spiro atoms. The van der Waals surface area contributed by atoms with Crippen molar-refractivity contribution >= 4 is 49.6 Å². The largest absolute Gasteiger partial charge is 0.310 e. The molecule has 72 heavy (non-hydrogen) atoms. The normalized spacial score (nSPS) is 11.3. The van der Waals surface area contributed by atoms with Crippen molar-refractivity contribution in [3.63, 3.8) is 0 Å². The molecule has 2 aromatic heterocycles. The van der Waals surface area contributed by atoms with Crippen LogP contribution in [0.1, 0.15) is 0 Å². The maximum atomic E-state index is 5.42. The van der Waals surface area contributed by atoms with Crippen molar-refractivity contribution in [2.45, 2.75) is 0 Å². The Bertz CT molecular complexity index is 4060. The third-order valence-electron chi connectivity index (χ3n) is 13.6. The highest BCUT2D eigenvalue weighted by atomic mass is 15.2. The van der Waals surface area contributed by atoms with Crippen molar-refractivity contribution in [2.24, 2.45) is 0 Å². The fourth-order valence-corrected chi connectivity index (χ4v) is 10.00. The van der Waals surface area contributed by atoms with Crippen molar-refractivity contribution in [3.8, 4) is 73.2 Å². The first-order valence-electron chi connectivity index (χ1n) is 24.3. The van der Waals surface area contributed by atoms with Crippen LogP contribution in [-0.2, 0) is 0 Å². The lowest BCUT2D eigenvalue weighted by Gasteiger charge is -2.26. The van der Waals surface area contributed by atoms with Crippen LogP contribution in [0.2, 0.25) is 0 Å². The summed E-state index contributed by atoms with van der Waals surface area (Å²) < 4.78 is 2.23. The molecule has 13 aromatic rings.